The zero-order valence-corrected chi connectivity index (χ0v) is 16.2. The van der Waals surface area contributed by atoms with Gasteiger partial charge < -0.3 is 10.2 Å². The van der Waals surface area contributed by atoms with Crippen molar-refractivity contribution in [1.82, 2.24) is 9.55 Å². The molecule has 2 aromatic rings. The van der Waals surface area contributed by atoms with Gasteiger partial charge in [-0.2, -0.15) is 4.98 Å². The number of hydrogen-bond acceptors (Lipinski definition) is 4. The Morgan fingerprint density at radius 3 is 2.33 bits per heavy atom. The van der Waals surface area contributed by atoms with Crippen molar-refractivity contribution in [3.05, 3.63) is 52.6 Å². The maximum atomic E-state index is 11.9. The first-order chi connectivity index (χ1) is 11.1. The molecule has 5 nitrogen and oxygen atoms in total. The van der Waals surface area contributed by atoms with Crippen LogP contribution in [0.3, 0.4) is 0 Å². The Bertz CT molecular complexity index is 746. The van der Waals surface area contributed by atoms with Crippen molar-refractivity contribution in [2.75, 3.05) is 12.3 Å². The third-order valence-electron chi connectivity index (χ3n) is 4.70. The Balaban J connectivity index is 2.01. The maximum absolute atomic E-state index is 11.9. The molecule has 0 aliphatic heterocycles. The lowest BCUT2D eigenvalue weighted by molar-refractivity contribution is 0.292. The average molecular weight is 346 g/mol. The second-order valence-corrected chi connectivity index (χ2v) is 12.3. The van der Waals surface area contributed by atoms with Gasteiger partial charge in [0.2, 0.25) is 0 Å². The van der Waals surface area contributed by atoms with Crippen LogP contribution in [0.15, 0.2) is 41.3 Å². The molecule has 0 atom stereocenters. The molecule has 130 valence electrons. The summed E-state index contributed by atoms with van der Waals surface area (Å²) in [7, 11) is -1.70. The maximum Gasteiger partial charge on any atom is 0.354 e. The van der Waals surface area contributed by atoms with E-state index in [9.17, 15) is 4.79 Å². The van der Waals surface area contributed by atoms with Gasteiger partial charge in [-0.15, -0.1) is 0 Å². The van der Waals surface area contributed by atoms with Crippen molar-refractivity contribution >= 4 is 14.1 Å². The Kier molecular flexibility index (Phi) is 5.30. The number of rotatable bonds is 5. The van der Waals surface area contributed by atoms with Crippen molar-refractivity contribution in [1.29, 1.82) is 0 Å². The molecule has 1 aromatic carbocycles. The number of nitrogens with two attached hydrogens (primary N) is 1. The van der Waals surface area contributed by atoms with Gasteiger partial charge in [0.1, 0.15) is 5.82 Å². The average Bonchev–Trinajstić information content (AvgIpc) is 2.47. The van der Waals surface area contributed by atoms with Crippen molar-refractivity contribution in [2.45, 2.75) is 45.3 Å². The molecule has 0 saturated heterocycles. The van der Waals surface area contributed by atoms with Gasteiger partial charge in [-0.3, -0.25) is 4.57 Å². The van der Waals surface area contributed by atoms with Crippen LogP contribution in [0.25, 0.3) is 5.69 Å². The molecule has 1 heterocycles. The zero-order chi connectivity index (χ0) is 18.0. The fourth-order valence-electron chi connectivity index (χ4n) is 2.08. The molecule has 0 saturated carbocycles. The minimum Gasteiger partial charge on any atom is -0.416 e. The summed E-state index contributed by atoms with van der Waals surface area (Å²) >= 11 is 0. The van der Waals surface area contributed by atoms with Crippen molar-refractivity contribution in [3.63, 3.8) is 0 Å². The zero-order valence-electron chi connectivity index (χ0n) is 15.2. The van der Waals surface area contributed by atoms with E-state index in [1.165, 1.54) is 10.1 Å². The van der Waals surface area contributed by atoms with Gasteiger partial charge in [0.25, 0.3) is 0 Å². The van der Waals surface area contributed by atoms with Crippen LogP contribution in [0, 0.1) is 0 Å². The molecule has 0 unspecified atom stereocenters. The highest BCUT2D eigenvalue weighted by molar-refractivity contribution is 6.74. The topological polar surface area (TPSA) is 70.1 Å². The van der Waals surface area contributed by atoms with Crippen LogP contribution in [0.2, 0.25) is 18.1 Å². The molecule has 24 heavy (non-hydrogen) atoms. The van der Waals surface area contributed by atoms with Gasteiger partial charge in [-0.25, -0.2) is 4.79 Å². The molecule has 1 aromatic heterocycles. The van der Waals surface area contributed by atoms with Gasteiger partial charge >= 0.3 is 5.69 Å². The predicted molar refractivity (Wildman–Crippen MR) is 101 cm³/mol. The Morgan fingerprint density at radius 1 is 1.17 bits per heavy atom. The van der Waals surface area contributed by atoms with Gasteiger partial charge in [0.05, 0.1) is 5.69 Å². The van der Waals surface area contributed by atoms with Crippen LogP contribution in [0.5, 0.6) is 0 Å². The molecule has 0 amide bonds. The molecule has 0 spiro atoms. The third-order valence-corrected chi connectivity index (χ3v) is 9.24. The lowest BCUT2D eigenvalue weighted by Gasteiger charge is -2.36. The SMILES string of the molecule is CC(C)(C)[Si](C)(C)OCCc1ccc(-n2ccc(N)nc2=O)cc1. The smallest absolute Gasteiger partial charge is 0.354 e. The minimum absolute atomic E-state index is 0.222. The van der Waals surface area contributed by atoms with Crippen molar-refractivity contribution in [3.8, 4) is 5.69 Å². The van der Waals surface area contributed by atoms with Crippen LogP contribution in [0.1, 0.15) is 26.3 Å². The minimum atomic E-state index is -1.70. The number of nitrogen functional groups attached to an aromatic ring is 1. The molecule has 0 aliphatic rings. The monoisotopic (exact) mass is 345 g/mol. The summed E-state index contributed by atoms with van der Waals surface area (Å²) in [4.78, 5) is 15.6. The first-order valence-corrected chi connectivity index (χ1v) is 11.1. The van der Waals surface area contributed by atoms with Crippen LogP contribution in [-0.2, 0) is 10.8 Å². The summed E-state index contributed by atoms with van der Waals surface area (Å²) in [5, 5.41) is 0.222. The van der Waals surface area contributed by atoms with E-state index in [1.807, 2.05) is 24.3 Å². The van der Waals surface area contributed by atoms with E-state index in [2.05, 4.69) is 38.8 Å². The van der Waals surface area contributed by atoms with Gasteiger partial charge in [0.15, 0.2) is 8.32 Å². The number of nitrogens with zero attached hydrogens (tertiary/aromatic N) is 2. The van der Waals surface area contributed by atoms with E-state index >= 15 is 0 Å². The van der Waals surface area contributed by atoms with E-state index in [1.54, 1.807) is 12.3 Å². The number of benzene rings is 1. The Labute approximate surface area is 144 Å². The van der Waals surface area contributed by atoms with E-state index < -0.39 is 8.32 Å². The summed E-state index contributed by atoms with van der Waals surface area (Å²) in [6.07, 6.45) is 2.50. The molecule has 0 fully saturated rings. The largest absolute Gasteiger partial charge is 0.416 e. The highest BCUT2D eigenvalue weighted by Crippen LogP contribution is 2.36. The van der Waals surface area contributed by atoms with Gasteiger partial charge in [-0.05, 0) is 48.3 Å². The third kappa shape index (κ3) is 4.33. The first kappa shape index (κ1) is 18.4. The van der Waals surface area contributed by atoms with E-state index in [4.69, 9.17) is 10.2 Å². The molecule has 0 aliphatic carbocycles. The Morgan fingerprint density at radius 2 is 1.79 bits per heavy atom. The number of hydrogen-bond donors (Lipinski definition) is 1. The fraction of sp³-hybridized carbons (Fsp3) is 0.444. The Hall–Kier alpha value is -1.92. The standard InChI is InChI=1S/C18H27N3O2Si/c1-18(2,3)24(4,5)23-13-11-14-6-8-15(9-7-14)21-12-10-16(19)20-17(21)22/h6-10,12H,11,13H2,1-5H3,(H2,19,20,22). The van der Waals surface area contributed by atoms with E-state index in [0.29, 0.717) is 0 Å². The molecule has 2 rings (SSSR count). The van der Waals surface area contributed by atoms with E-state index in [0.717, 1.165) is 18.7 Å². The molecule has 0 radical (unpaired) electrons. The molecule has 6 heteroatoms. The first-order valence-electron chi connectivity index (χ1n) is 8.19. The van der Waals surface area contributed by atoms with Gasteiger partial charge in [-0.1, -0.05) is 32.9 Å². The predicted octanol–water partition coefficient (Wildman–Crippen LogP) is 3.38. The lowest BCUT2D eigenvalue weighted by atomic mass is 10.1. The molecule has 0 bridgehead atoms. The van der Waals surface area contributed by atoms with E-state index in [-0.39, 0.29) is 16.5 Å². The summed E-state index contributed by atoms with van der Waals surface area (Å²) in [5.41, 5.74) is 7.11. The second-order valence-electron chi connectivity index (χ2n) is 7.53. The number of anilines is 1. The van der Waals surface area contributed by atoms with Gasteiger partial charge in [0, 0.05) is 12.8 Å². The van der Waals surface area contributed by atoms with Crippen LogP contribution in [-0.4, -0.2) is 24.5 Å². The summed E-state index contributed by atoms with van der Waals surface area (Å²) < 4.78 is 7.68. The molecular formula is C18H27N3O2Si. The summed E-state index contributed by atoms with van der Waals surface area (Å²) in [6, 6.07) is 9.49. The number of aromatic nitrogens is 2. The lowest BCUT2D eigenvalue weighted by Crippen LogP contribution is -2.41. The quantitative estimate of drug-likeness (QED) is 0.843. The summed E-state index contributed by atoms with van der Waals surface area (Å²) in [6.45, 7) is 12.0. The molecular weight excluding hydrogens is 318 g/mol. The normalized spacial score (nSPS) is 12.4. The van der Waals surface area contributed by atoms with Crippen LogP contribution in [0.4, 0.5) is 5.82 Å². The second kappa shape index (κ2) is 6.90. The van der Waals surface area contributed by atoms with Crippen molar-refractivity contribution < 1.29 is 4.43 Å². The van der Waals surface area contributed by atoms with Crippen LogP contribution < -0.4 is 11.4 Å². The van der Waals surface area contributed by atoms with Crippen molar-refractivity contribution in [2.24, 2.45) is 0 Å². The summed E-state index contributed by atoms with van der Waals surface area (Å²) in [5.74, 6) is 0.232. The highest BCUT2D eigenvalue weighted by atomic mass is 28.4. The molecule has 2 N–H and O–H groups in total. The fourth-order valence-corrected chi connectivity index (χ4v) is 3.12. The van der Waals surface area contributed by atoms with Crippen LogP contribution >= 0.6 is 0 Å². The highest BCUT2D eigenvalue weighted by Gasteiger charge is 2.36.